The highest BCUT2D eigenvalue weighted by Crippen LogP contribution is 2.24. The predicted molar refractivity (Wildman–Crippen MR) is 110 cm³/mol. The Hall–Kier alpha value is -1.96. The van der Waals surface area contributed by atoms with Gasteiger partial charge in [0.25, 0.3) is 5.91 Å². The molecule has 1 heterocycles. The molecule has 1 N–H and O–H groups in total. The summed E-state index contributed by atoms with van der Waals surface area (Å²) in [5.41, 5.74) is 3.53. The number of halogens is 1. The summed E-state index contributed by atoms with van der Waals surface area (Å²) in [6.07, 6.45) is 2.08. The summed E-state index contributed by atoms with van der Waals surface area (Å²) in [5.74, 6) is -0.176. The molecule has 2 aromatic carbocycles. The third kappa shape index (κ3) is 4.31. The Morgan fingerprint density at radius 1 is 1.11 bits per heavy atom. The first kappa shape index (κ1) is 19.8. The third-order valence-electron chi connectivity index (χ3n) is 4.77. The molecule has 142 valence electrons. The summed E-state index contributed by atoms with van der Waals surface area (Å²) in [7, 11) is -3.56. The van der Waals surface area contributed by atoms with Crippen LogP contribution >= 0.6 is 15.9 Å². The van der Waals surface area contributed by atoms with Crippen molar-refractivity contribution in [3.63, 3.8) is 0 Å². The number of sulfonamides is 1. The predicted octanol–water partition coefficient (Wildman–Crippen LogP) is 4.03. The van der Waals surface area contributed by atoms with E-state index in [-0.39, 0.29) is 23.9 Å². The second kappa shape index (κ2) is 7.96. The van der Waals surface area contributed by atoms with Gasteiger partial charge in [-0.3, -0.25) is 4.79 Å². The van der Waals surface area contributed by atoms with Gasteiger partial charge in [-0.2, -0.15) is 4.31 Å². The number of amides is 1. The first-order valence-corrected chi connectivity index (χ1v) is 10.8. The van der Waals surface area contributed by atoms with Crippen LogP contribution in [0.15, 0.2) is 63.5 Å². The van der Waals surface area contributed by atoms with Gasteiger partial charge in [0.1, 0.15) is 0 Å². The number of nitrogens with zero attached hydrogens (tertiary/aromatic N) is 1. The maximum Gasteiger partial charge on any atom is 0.251 e. The molecule has 1 aliphatic heterocycles. The van der Waals surface area contributed by atoms with Crippen molar-refractivity contribution in [3.05, 3.63) is 69.7 Å². The number of anilines is 1. The highest BCUT2D eigenvalue weighted by atomic mass is 79.9. The zero-order valence-electron chi connectivity index (χ0n) is 15.2. The molecule has 7 heteroatoms. The molecule has 0 bridgehead atoms. The van der Waals surface area contributed by atoms with Gasteiger partial charge in [-0.05, 0) is 61.7 Å². The molecule has 1 aliphatic rings. The lowest BCUT2D eigenvalue weighted by molar-refractivity contribution is -0.113. The molecule has 3 rings (SSSR count). The lowest BCUT2D eigenvalue weighted by atomic mass is 10.1. The second-order valence-electron chi connectivity index (χ2n) is 6.50. The van der Waals surface area contributed by atoms with E-state index < -0.39 is 10.0 Å². The summed E-state index contributed by atoms with van der Waals surface area (Å²) in [6, 6.07) is 12.3. The molecule has 0 fully saturated rings. The van der Waals surface area contributed by atoms with E-state index >= 15 is 0 Å². The van der Waals surface area contributed by atoms with Crippen LogP contribution in [0.3, 0.4) is 0 Å². The van der Waals surface area contributed by atoms with Crippen LogP contribution in [0, 0.1) is 13.8 Å². The number of nitrogens with one attached hydrogen (secondary N) is 1. The molecule has 0 aliphatic carbocycles. The van der Waals surface area contributed by atoms with Gasteiger partial charge in [-0.15, -0.1) is 0 Å². The van der Waals surface area contributed by atoms with E-state index in [0.29, 0.717) is 12.0 Å². The van der Waals surface area contributed by atoms with Gasteiger partial charge in [0.2, 0.25) is 10.0 Å². The minimum Gasteiger partial charge on any atom is -0.322 e. The van der Waals surface area contributed by atoms with Crippen molar-refractivity contribution < 1.29 is 13.2 Å². The second-order valence-corrected chi connectivity index (χ2v) is 9.35. The number of rotatable bonds is 4. The Balaban J connectivity index is 1.71. The van der Waals surface area contributed by atoms with E-state index in [9.17, 15) is 13.2 Å². The van der Waals surface area contributed by atoms with E-state index in [2.05, 4.69) is 21.2 Å². The topological polar surface area (TPSA) is 66.5 Å². The number of hydrogen-bond donors (Lipinski definition) is 1. The van der Waals surface area contributed by atoms with Crippen molar-refractivity contribution in [2.75, 3.05) is 18.4 Å². The van der Waals surface area contributed by atoms with Gasteiger partial charge < -0.3 is 5.32 Å². The monoisotopic (exact) mass is 448 g/mol. The Labute approximate surface area is 168 Å². The van der Waals surface area contributed by atoms with Crippen LogP contribution in [0.5, 0.6) is 0 Å². The molecular weight excluding hydrogens is 428 g/mol. The molecule has 5 nitrogen and oxygen atoms in total. The van der Waals surface area contributed by atoms with Crippen molar-refractivity contribution in [1.29, 1.82) is 0 Å². The highest BCUT2D eigenvalue weighted by molar-refractivity contribution is 9.10. The van der Waals surface area contributed by atoms with Crippen LogP contribution < -0.4 is 5.32 Å². The normalized spacial score (nSPS) is 15.3. The summed E-state index contributed by atoms with van der Waals surface area (Å²) < 4.78 is 27.7. The summed E-state index contributed by atoms with van der Waals surface area (Å²) in [4.78, 5) is 12.8. The third-order valence-corrected chi connectivity index (χ3v) is 7.18. The number of hydrogen-bond acceptors (Lipinski definition) is 3. The molecule has 0 saturated heterocycles. The Morgan fingerprint density at radius 2 is 1.81 bits per heavy atom. The average Bonchev–Trinajstić information content (AvgIpc) is 2.66. The molecule has 1 amide bonds. The maximum atomic E-state index is 12.7. The Morgan fingerprint density at radius 3 is 2.44 bits per heavy atom. The zero-order valence-corrected chi connectivity index (χ0v) is 17.6. The lowest BCUT2D eigenvalue weighted by Gasteiger charge is -2.25. The van der Waals surface area contributed by atoms with Crippen molar-refractivity contribution in [2.24, 2.45) is 0 Å². The van der Waals surface area contributed by atoms with Crippen LogP contribution in [0.1, 0.15) is 17.5 Å². The highest BCUT2D eigenvalue weighted by Gasteiger charge is 2.27. The van der Waals surface area contributed by atoms with Crippen molar-refractivity contribution >= 4 is 37.5 Å². The number of carbonyl (C=O) groups is 1. The maximum absolute atomic E-state index is 12.7. The van der Waals surface area contributed by atoms with E-state index in [1.807, 2.05) is 32.0 Å². The van der Waals surface area contributed by atoms with Gasteiger partial charge in [0.15, 0.2) is 0 Å². The summed E-state index contributed by atoms with van der Waals surface area (Å²) >= 11 is 3.31. The standard InChI is InChI=1S/C20H21BrN2O3S/c1-14-4-3-5-19(15(14)2)22-20(24)16-10-12-23(13-11-16)27(25,26)18-8-6-17(21)7-9-18/h3-10H,11-13H2,1-2H3,(H,22,24). The van der Waals surface area contributed by atoms with Crippen molar-refractivity contribution in [1.82, 2.24) is 4.31 Å². The fourth-order valence-electron chi connectivity index (χ4n) is 2.92. The molecular formula is C20H21BrN2O3S. The van der Waals surface area contributed by atoms with Crippen molar-refractivity contribution in [3.8, 4) is 0 Å². The van der Waals surface area contributed by atoms with Gasteiger partial charge in [-0.25, -0.2) is 8.42 Å². The zero-order chi connectivity index (χ0) is 19.6. The van der Waals surface area contributed by atoms with Crippen LogP contribution in [-0.2, 0) is 14.8 Å². The SMILES string of the molecule is Cc1cccc(NC(=O)C2=CCN(S(=O)(=O)c3ccc(Br)cc3)CC2)c1C. The fraction of sp³-hybridized carbons (Fsp3) is 0.250. The van der Waals surface area contributed by atoms with Gasteiger partial charge in [0, 0.05) is 28.8 Å². The van der Waals surface area contributed by atoms with E-state index in [1.54, 1.807) is 30.3 Å². The smallest absolute Gasteiger partial charge is 0.251 e. The first-order valence-electron chi connectivity index (χ1n) is 8.61. The van der Waals surface area contributed by atoms with E-state index in [4.69, 9.17) is 0 Å². The van der Waals surface area contributed by atoms with Crippen LogP contribution in [0.25, 0.3) is 0 Å². The molecule has 2 aromatic rings. The van der Waals surface area contributed by atoms with Crippen LogP contribution in [0.2, 0.25) is 0 Å². The molecule has 0 aromatic heterocycles. The quantitative estimate of drug-likeness (QED) is 0.767. The summed E-state index contributed by atoms with van der Waals surface area (Å²) in [5, 5.41) is 2.93. The molecule has 0 radical (unpaired) electrons. The number of benzene rings is 2. The van der Waals surface area contributed by atoms with Crippen LogP contribution in [0.4, 0.5) is 5.69 Å². The molecule has 0 atom stereocenters. The average molecular weight is 449 g/mol. The minimum atomic E-state index is -3.56. The van der Waals surface area contributed by atoms with Crippen LogP contribution in [-0.4, -0.2) is 31.7 Å². The molecule has 0 unspecified atom stereocenters. The molecule has 0 saturated carbocycles. The van der Waals surface area contributed by atoms with Gasteiger partial charge in [0.05, 0.1) is 4.90 Å². The molecule has 27 heavy (non-hydrogen) atoms. The van der Waals surface area contributed by atoms with Gasteiger partial charge in [-0.1, -0.05) is 34.1 Å². The Kier molecular flexibility index (Phi) is 5.83. The van der Waals surface area contributed by atoms with E-state index in [0.717, 1.165) is 21.3 Å². The number of aryl methyl sites for hydroxylation is 1. The fourth-order valence-corrected chi connectivity index (χ4v) is 4.56. The largest absolute Gasteiger partial charge is 0.322 e. The molecule has 0 spiro atoms. The first-order chi connectivity index (χ1) is 12.8. The lowest BCUT2D eigenvalue weighted by Crippen LogP contribution is -2.36. The van der Waals surface area contributed by atoms with Gasteiger partial charge >= 0.3 is 0 Å². The van der Waals surface area contributed by atoms with Crippen molar-refractivity contribution in [2.45, 2.75) is 25.2 Å². The minimum absolute atomic E-state index is 0.176. The Bertz CT molecular complexity index is 998. The van der Waals surface area contributed by atoms with E-state index in [1.165, 1.54) is 4.31 Å². The number of carbonyl (C=O) groups excluding carboxylic acids is 1. The summed E-state index contributed by atoms with van der Waals surface area (Å²) in [6.45, 7) is 4.43.